The largest absolute Gasteiger partial charge is 0.379 e. The first kappa shape index (κ1) is 14.9. The summed E-state index contributed by atoms with van der Waals surface area (Å²) in [5.74, 6) is -0.666. The molecule has 0 radical (unpaired) electrons. The highest BCUT2D eigenvalue weighted by molar-refractivity contribution is 5.94. The van der Waals surface area contributed by atoms with E-state index in [0.717, 1.165) is 25.9 Å². The highest BCUT2D eigenvalue weighted by Crippen LogP contribution is 2.11. The molecule has 1 heterocycles. The molecule has 1 aromatic rings. The predicted octanol–water partition coefficient (Wildman–Crippen LogP) is 2.14. The van der Waals surface area contributed by atoms with Crippen LogP contribution in [0, 0.1) is 5.82 Å². The minimum atomic E-state index is -0.405. The highest BCUT2D eigenvalue weighted by atomic mass is 19.1. The summed E-state index contributed by atoms with van der Waals surface area (Å²) < 4.78 is 23.9. The van der Waals surface area contributed by atoms with Gasteiger partial charge in [0, 0.05) is 25.3 Å². The molecule has 0 unspecified atom stereocenters. The van der Waals surface area contributed by atoms with Crippen LogP contribution in [0.1, 0.15) is 29.6 Å². The molecule has 1 aliphatic rings. The van der Waals surface area contributed by atoms with E-state index in [2.05, 4.69) is 5.32 Å². The first-order chi connectivity index (χ1) is 9.75. The normalized spacial score (nSPS) is 18.1. The molecular formula is C15H20FNO3. The van der Waals surface area contributed by atoms with Crippen LogP contribution in [-0.2, 0) is 9.47 Å². The zero-order valence-corrected chi connectivity index (χ0v) is 11.4. The third-order valence-corrected chi connectivity index (χ3v) is 3.17. The predicted molar refractivity (Wildman–Crippen MR) is 73.1 cm³/mol. The van der Waals surface area contributed by atoms with Crippen molar-refractivity contribution < 1.29 is 18.7 Å². The number of carbonyl (C=O) groups excluding carboxylic acids is 1. The van der Waals surface area contributed by atoms with Crippen molar-refractivity contribution >= 4 is 5.91 Å². The van der Waals surface area contributed by atoms with Gasteiger partial charge in [-0.25, -0.2) is 4.39 Å². The van der Waals surface area contributed by atoms with Crippen LogP contribution in [0.15, 0.2) is 24.3 Å². The number of hydrogen-bond acceptors (Lipinski definition) is 3. The Bertz CT molecular complexity index is 433. The second-order valence-corrected chi connectivity index (χ2v) is 4.83. The van der Waals surface area contributed by atoms with Crippen LogP contribution in [0.2, 0.25) is 0 Å². The summed E-state index contributed by atoms with van der Waals surface area (Å²) in [6, 6.07) is 5.65. The number of halogens is 1. The van der Waals surface area contributed by atoms with Crippen molar-refractivity contribution in [3.05, 3.63) is 35.6 Å². The SMILES string of the molecule is O=C(NCCCOC[C@H]1CCCO1)c1cccc(F)c1. The zero-order chi connectivity index (χ0) is 14.2. The van der Waals surface area contributed by atoms with Crippen LogP contribution >= 0.6 is 0 Å². The molecule has 0 aromatic heterocycles. The van der Waals surface area contributed by atoms with Crippen molar-refractivity contribution in [2.24, 2.45) is 0 Å². The molecule has 4 nitrogen and oxygen atoms in total. The van der Waals surface area contributed by atoms with E-state index in [1.807, 2.05) is 0 Å². The Hall–Kier alpha value is -1.46. The molecule has 1 aromatic carbocycles. The molecule has 0 aliphatic carbocycles. The summed E-state index contributed by atoms with van der Waals surface area (Å²) in [5.41, 5.74) is 0.338. The summed E-state index contributed by atoms with van der Waals surface area (Å²) in [6.07, 6.45) is 3.14. The monoisotopic (exact) mass is 281 g/mol. The van der Waals surface area contributed by atoms with Crippen LogP contribution in [0.25, 0.3) is 0 Å². The van der Waals surface area contributed by atoms with Gasteiger partial charge in [-0.3, -0.25) is 4.79 Å². The van der Waals surface area contributed by atoms with Crippen LogP contribution < -0.4 is 5.32 Å². The molecule has 0 spiro atoms. The standard InChI is InChI=1S/C15H20FNO3/c16-13-5-1-4-12(10-13)15(18)17-7-3-8-19-11-14-6-2-9-20-14/h1,4-5,10,14H,2-3,6-9,11H2,(H,17,18)/t14-/m1/s1. The van der Waals surface area contributed by atoms with E-state index in [1.165, 1.54) is 18.2 Å². The molecule has 1 amide bonds. The van der Waals surface area contributed by atoms with Crippen molar-refractivity contribution in [1.82, 2.24) is 5.32 Å². The number of rotatable bonds is 7. The molecule has 2 rings (SSSR count). The number of benzene rings is 1. The van der Waals surface area contributed by atoms with Gasteiger partial charge in [-0.15, -0.1) is 0 Å². The molecular weight excluding hydrogens is 261 g/mol. The fraction of sp³-hybridized carbons (Fsp3) is 0.533. The summed E-state index contributed by atoms with van der Waals surface area (Å²) in [6.45, 7) is 2.56. The van der Waals surface area contributed by atoms with Gasteiger partial charge >= 0.3 is 0 Å². The lowest BCUT2D eigenvalue weighted by Gasteiger charge is -2.10. The lowest BCUT2D eigenvalue weighted by molar-refractivity contribution is 0.0166. The Morgan fingerprint density at radius 2 is 2.40 bits per heavy atom. The maximum atomic E-state index is 13.0. The molecule has 20 heavy (non-hydrogen) atoms. The third-order valence-electron chi connectivity index (χ3n) is 3.17. The molecule has 1 N–H and O–H groups in total. The average Bonchev–Trinajstić information content (AvgIpc) is 2.95. The maximum Gasteiger partial charge on any atom is 0.251 e. The maximum absolute atomic E-state index is 13.0. The van der Waals surface area contributed by atoms with Crippen molar-refractivity contribution in [1.29, 1.82) is 0 Å². The zero-order valence-electron chi connectivity index (χ0n) is 11.4. The van der Waals surface area contributed by atoms with E-state index >= 15 is 0 Å². The van der Waals surface area contributed by atoms with Crippen molar-refractivity contribution in [2.45, 2.75) is 25.4 Å². The lowest BCUT2D eigenvalue weighted by atomic mass is 10.2. The minimum absolute atomic E-state index is 0.233. The molecule has 1 fully saturated rings. The van der Waals surface area contributed by atoms with E-state index in [-0.39, 0.29) is 12.0 Å². The van der Waals surface area contributed by atoms with Crippen LogP contribution in [-0.4, -0.2) is 38.4 Å². The topological polar surface area (TPSA) is 47.6 Å². The molecule has 1 saturated heterocycles. The Kier molecular flexibility index (Phi) is 5.95. The third kappa shape index (κ3) is 4.90. The second kappa shape index (κ2) is 7.97. The van der Waals surface area contributed by atoms with Crippen LogP contribution in [0.3, 0.4) is 0 Å². The van der Waals surface area contributed by atoms with Crippen molar-refractivity contribution in [3.63, 3.8) is 0 Å². The van der Waals surface area contributed by atoms with E-state index in [1.54, 1.807) is 6.07 Å². The van der Waals surface area contributed by atoms with Crippen LogP contribution in [0.5, 0.6) is 0 Å². The first-order valence-corrected chi connectivity index (χ1v) is 6.99. The minimum Gasteiger partial charge on any atom is -0.379 e. The van der Waals surface area contributed by atoms with E-state index in [9.17, 15) is 9.18 Å². The lowest BCUT2D eigenvalue weighted by Crippen LogP contribution is -2.25. The Morgan fingerprint density at radius 3 is 3.15 bits per heavy atom. The quantitative estimate of drug-likeness (QED) is 0.779. The number of nitrogens with one attached hydrogen (secondary N) is 1. The average molecular weight is 281 g/mol. The van der Waals surface area contributed by atoms with Gasteiger partial charge in [-0.2, -0.15) is 0 Å². The number of amides is 1. The fourth-order valence-corrected chi connectivity index (χ4v) is 2.10. The van der Waals surface area contributed by atoms with E-state index in [0.29, 0.717) is 25.3 Å². The fourth-order valence-electron chi connectivity index (χ4n) is 2.10. The smallest absolute Gasteiger partial charge is 0.251 e. The summed E-state index contributed by atoms with van der Waals surface area (Å²) in [7, 11) is 0. The van der Waals surface area contributed by atoms with Gasteiger partial charge < -0.3 is 14.8 Å². The van der Waals surface area contributed by atoms with Crippen molar-refractivity contribution in [2.75, 3.05) is 26.4 Å². The van der Waals surface area contributed by atoms with Crippen LogP contribution in [0.4, 0.5) is 4.39 Å². The number of hydrogen-bond donors (Lipinski definition) is 1. The summed E-state index contributed by atoms with van der Waals surface area (Å²) in [4.78, 5) is 11.7. The van der Waals surface area contributed by atoms with Gasteiger partial charge in [-0.05, 0) is 37.5 Å². The van der Waals surface area contributed by atoms with Gasteiger partial charge in [0.05, 0.1) is 12.7 Å². The molecule has 1 aliphatic heterocycles. The molecule has 0 saturated carbocycles. The van der Waals surface area contributed by atoms with E-state index < -0.39 is 5.82 Å². The molecule has 1 atom stereocenters. The highest BCUT2D eigenvalue weighted by Gasteiger charge is 2.14. The Labute approximate surface area is 118 Å². The molecule has 5 heteroatoms. The molecule has 0 bridgehead atoms. The van der Waals surface area contributed by atoms with Gasteiger partial charge in [0.2, 0.25) is 0 Å². The Balaban J connectivity index is 1.55. The van der Waals surface area contributed by atoms with Gasteiger partial charge in [0.25, 0.3) is 5.91 Å². The number of carbonyl (C=O) groups is 1. The summed E-state index contributed by atoms with van der Waals surface area (Å²) in [5, 5.41) is 2.74. The summed E-state index contributed by atoms with van der Waals surface area (Å²) >= 11 is 0. The van der Waals surface area contributed by atoms with Gasteiger partial charge in [0.1, 0.15) is 5.82 Å². The second-order valence-electron chi connectivity index (χ2n) is 4.83. The van der Waals surface area contributed by atoms with E-state index in [4.69, 9.17) is 9.47 Å². The Morgan fingerprint density at radius 1 is 1.50 bits per heavy atom. The molecule has 110 valence electrons. The van der Waals surface area contributed by atoms with Gasteiger partial charge in [-0.1, -0.05) is 6.07 Å². The number of ether oxygens (including phenoxy) is 2. The first-order valence-electron chi connectivity index (χ1n) is 6.99. The van der Waals surface area contributed by atoms with Crippen molar-refractivity contribution in [3.8, 4) is 0 Å². The van der Waals surface area contributed by atoms with Gasteiger partial charge in [0.15, 0.2) is 0 Å².